The van der Waals surface area contributed by atoms with Crippen molar-refractivity contribution in [3.05, 3.63) is 212 Å². The van der Waals surface area contributed by atoms with Crippen molar-refractivity contribution in [2.24, 2.45) is 0 Å². The van der Waals surface area contributed by atoms with E-state index in [1.807, 2.05) is 12.2 Å². The van der Waals surface area contributed by atoms with Gasteiger partial charge in [0.05, 0.1) is 0 Å². The summed E-state index contributed by atoms with van der Waals surface area (Å²) in [6.07, 6.45) is 13.0. The van der Waals surface area contributed by atoms with Gasteiger partial charge in [-0.3, -0.25) is 0 Å². The van der Waals surface area contributed by atoms with Crippen molar-refractivity contribution < 1.29 is 4.42 Å². The summed E-state index contributed by atoms with van der Waals surface area (Å²) in [6, 6.07) is 52.3. The molecule has 1 atom stereocenters. The lowest BCUT2D eigenvalue weighted by molar-refractivity contribution is 0.605. The second-order valence-corrected chi connectivity index (χ2v) is 14.2. The van der Waals surface area contributed by atoms with Gasteiger partial charge < -0.3 is 9.32 Å². The molecule has 6 aromatic carbocycles. The quantitative estimate of drug-likeness (QED) is 0.0995. The largest absolute Gasteiger partial charge is 0.456 e. The molecular weight excluding hydrogens is 643 g/mol. The molecular formula is C51H43NO. The molecule has 0 N–H and O–H groups in total. The van der Waals surface area contributed by atoms with E-state index in [0.29, 0.717) is 0 Å². The number of rotatable bonds is 11. The number of para-hydroxylation sites is 1. The highest BCUT2D eigenvalue weighted by molar-refractivity contribution is 5.99. The van der Waals surface area contributed by atoms with Crippen LogP contribution < -0.4 is 4.90 Å². The predicted octanol–water partition coefficient (Wildman–Crippen LogP) is 14.3. The fourth-order valence-corrected chi connectivity index (χ4v) is 7.86. The van der Waals surface area contributed by atoms with Crippen molar-refractivity contribution in [3.63, 3.8) is 0 Å². The van der Waals surface area contributed by atoms with E-state index in [9.17, 15) is 0 Å². The topological polar surface area (TPSA) is 16.4 Å². The van der Waals surface area contributed by atoms with Gasteiger partial charge in [0.15, 0.2) is 0 Å². The maximum atomic E-state index is 6.44. The Labute approximate surface area is 313 Å². The van der Waals surface area contributed by atoms with Crippen molar-refractivity contribution in [3.8, 4) is 33.4 Å². The molecule has 0 bridgehead atoms. The van der Waals surface area contributed by atoms with Crippen LogP contribution in [0.3, 0.4) is 0 Å². The predicted molar refractivity (Wildman–Crippen MR) is 226 cm³/mol. The first-order chi connectivity index (χ1) is 26.0. The van der Waals surface area contributed by atoms with E-state index in [4.69, 9.17) is 4.42 Å². The van der Waals surface area contributed by atoms with Crippen LogP contribution >= 0.6 is 0 Å². The third-order valence-corrected chi connectivity index (χ3v) is 10.6. The highest BCUT2D eigenvalue weighted by Gasteiger charge is 2.35. The first-order valence-corrected chi connectivity index (χ1v) is 18.4. The van der Waals surface area contributed by atoms with E-state index in [1.54, 1.807) is 6.08 Å². The summed E-state index contributed by atoms with van der Waals surface area (Å²) < 4.78 is 6.44. The van der Waals surface area contributed by atoms with Crippen LogP contribution in [-0.4, -0.2) is 0 Å². The molecule has 2 nitrogen and oxygen atoms in total. The molecule has 0 aliphatic heterocycles. The Hall–Kier alpha value is -6.38. The lowest BCUT2D eigenvalue weighted by Crippen LogP contribution is -2.16. The maximum Gasteiger partial charge on any atom is 0.142 e. The van der Waals surface area contributed by atoms with Crippen LogP contribution in [0.25, 0.3) is 50.4 Å². The average molecular weight is 686 g/mol. The Balaban J connectivity index is 1.27. The lowest BCUT2D eigenvalue weighted by Gasteiger charge is -2.26. The van der Waals surface area contributed by atoms with Gasteiger partial charge in [0.1, 0.15) is 11.3 Å². The van der Waals surface area contributed by atoms with Crippen LogP contribution in [-0.2, 0) is 5.41 Å². The minimum atomic E-state index is -0.112. The van der Waals surface area contributed by atoms with Gasteiger partial charge in [0.25, 0.3) is 0 Å². The van der Waals surface area contributed by atoms with Gasteiger partial charge in [-0.05, 0) is 87.3 Å². The average Bonchev–Trinajstić information content (AvgIpc) is 3.73. The van der Waals surface area contributed by atoms with Gasteiger partial charge in [-0.1, -0.05) is 160 Å². The fraction of sp³-hybridized carbons (Fsp3) is 0.0980. The van der Waals surface area contributed by atoms with Crippen molar-refractivity contribution >= 4 is 28.4 Å². The summed E-state index contributed by atoms with van der Waals surface area (Å²) in [5, 5.41) is 1.07. The summed E-state index contributed by atoms with van der Waals surface area (Å²) in [7, 11) is 0. The van der Waals surface area contributed by atoms with Crippen LogP contribution in [0.5, 0.6) is 0 Å². The van der Waals surface area contributed by atoms with E-state index in [-0.39, 0.29) is 11.3 Å². The zero-order valence-electron chi connectivity index (χ0n) is 30.4. The van der Waals surface area contributed by atoms with Crippen LogP contribution in [0.1, 0.15) is 48.6 Å². The summed E-state index contributed by atoms with van der Waals surface area (Å²) in [4.78, 5) is 2.34. The van der Waals surface area contributed by atoms with Gasteiger partial charge in [-0.25, -0.2) is 0 Å². The number of benzene rings is 6. The van der Waals surface area contributed by atoms with Crippen molar-refractivity contribution in [1.29, 1.82) is 0 Å². The summed E-state index contributed by atoms with van der Waals surface area (Å²) in [5.74, 6) is 1.02. The highest BCUT2D eigenvalue weighted by atomic mass is 16.3. The Bertz CT molecular complexity index is 2500. The van der Waals surface area contributed by atoms with Crippen LogP contribution in [0, 0.1) is 0 Å². The maximum absolute atomic E-state index is 6.44. The van der Waals surface area contributed by atoms with Gasteiger partial charge in [0.2, 0.25) is 0 Å². The SMILES string of the molecule is C=C/C=C\c1cc2cccc(-c3ccc(N(/C=C/CC(C=C)c4ccccc4)c4ccc5c(c4)C(C)(C)c4ccccc4-5)cc3-c3ccccc3)c2o1. The monoisotopic (exact) mass is 685 g/mol. The van der Waals surface area contributed by atoms with Crippen LogP contribution in [0.4, 0.5) is 11.4 Å². The molecule has 53 heavy (non-hydrogen) atoms. The molecule has 1 aliphatic carbocycles. The number of allylic oxidation sites excluding steroid dienone is 4. The molecule has 1 aliphatic rings. The minimum absolute atomic E-state index is 0.112. The van der Waals surface area contributed by atoms with Crippen molar-refractivity contribution in [1.82, 2.24) is 0 Å². The number of hydrogen-bond acceptors (Lipinski definition) is 2. The smallest absolute Gasteiger partial charge is 0.142 e. The molecule has 0 spiro atoms. The molecule has 2 heteroatoms. The molecule has 0 radical (unpaired) electrons. The summed E-state index contributed by atoms with van der Waals surface area (Å²) in [5.41, 5.74) is 14.0. The van der Waals surface area contributed by atoms with Gasteiger partial charge >= 0.3 is 0 Å². The second kappa shape index (κ2) is 14.3. The van der Waals surface area contributed by atoms with E-state index in [2.05, 4.69) is 196 Å². The second-order valence-electron chi connectivity index (χ2n) is 14.2. The van der Waals surface area contributed by atoms with E-state index >= 15 is 0 Å². The first kappa shape index (κ1) is 33.7. The van der Waals surface area contributed by atoms with E-state index in [1.165, 1.54) is 27.8 Å². The molecule has 8 rings (SSSR count). The van der Waals surface area contributed by atoms with E-state index < -0.39 is 0 Å². The number of anilines is 2. The third-order valence-electron chi connectivity index (χ3n) is 10.6. The normalized spacial score (nSPS) is 13.6. The molecule has 1 unspecified atom stereocenters. The molecule has 1 heterocycles. The van der Waals surface area contributed by atoms with Gasteiger partial charge in [-0.2, -0.15) is 0 Å². The Kier molecular flexibility index (Phi) is 9.12. The van der Waals surface area contributed by atoms with Crippen LogP contribution in [0.2, 0.25) is 0 Å². The van der Waals surface area contributed by atoms with Crippen molar-refractivity contribution in [2.45, 2.75) is 31.6 Å². The van der Waals surface area contributed by atoms with Gasteiger partial charge in [0, 0.05) is 39.9 Å². The highest BCUT2D eigenvalue weighted by Crippen LogP contribution is 2.50. The lowest BCUT2D eigenvalue weighted by atomic mass is 9.82. The summed E-state index contributed by atoms with van der Waals surface area (Å²) in [6.45, 7) is 12.7. The van der Waals surface area contributed by atoms with E-state index in [0.717, 1.165) is 56.8 Å². The molecule has 258 valence electrons. The molecule has 0 saturated carbocycles. The Morgan fingerprint density at radius 1 is 0.642 bits per heavy atom. The number of fused-ring (bicyclic) bond motifs is 4. The van der Waals surface area contributed by atoms with Crippen molar-refractivity contribution in [2.75, 3.05) is 4.90 Å². The zero-order valence-corrected chi connectivity index (χ0v) is 30.4. The first-order valence-electron chi connectivity index (χ1n) is 18.4. The third kappa shape index (κ3) is 6.38. The molecule has 1 aromatic heterocycles. The fourth-order valence-electron chi connectivity index (χ4n) is 7.86. The zero-order chi connectivity index (χ0) is 36.4. The molecule has 0 amide bonds. The Morgan fingerprint density at radius 3 is 2.09 bits per heavy atom. The number of furan rings is 1. The van der Waals surface area contributed by atoms with Crippen LogP contribution in [0.15, 0.2) is 194 Å². The molecule has 0 fully saturated rings. The van der Waals surface area contributed by atoms with Gasteiger partial charge in [-0.15, -0.1) is 6.58 Å². The minimum Gasteiger partial charge on any atom is -0.456 e. The molecule has 7 aromatic rings. The number of hydrogen-bond donors (Lipinski definition) is 0. The Morgan fingerprint density at radius 2 is 1.32 bits per heavy atom. The standard InChI is InChI=1S/C51H43NO/c1-5-7-24-42-33-39-22-16-26-46(50(39)53-42)43-30-28-40(34-47(43)38-20-12-9-13-21-38)52(32-17-23-36(6-2)37-18-10-8-11-19-37)41-29-31-45-44-25-14-15-27-48(44)51(3,4)49(45)35-41/h5-22,24-36H,1-2,23H2,3-4H3/b24-7-,32-17+. The molecule has 0 saturated heterocycles. The number of nitrogens with zero attached hydrogens (tertiary/aromatic N) is 1. The summed E-state index contributed by atoms with van der Waals surface area (Å²) >= 11 is 0.